The molecule has 1 aliphatic carbocycles. The van der Waals surface area contributed by atoms with E-state index >= 15 is 0 Å². The third kappa shape index (κ3) is 2.78. The highest BCUT2D eigenvalue weighted by Gasteiger charge is 2.29. The molecule has 5 nitrogen and oxygen atoms in total. The predicted octanol–water partition coefficient (Wildman–Crippen LogP) is 4.24. The zero-order valence-corrected chi connectivity index (χ0v) is 14.2. The number of oxazole rings is 1. The first kappa shape index (κ1) is 14.6. The summed E-state index contributed by atoms with van der Waals surface area (Å²) in [6, 6.07) is 13.4. The highest BCUT2D eigenvalue weighted by atomic mass is 32.1. The number of benzene rings is 2. The number of hydrogen-bond acceptors (Lipinski definition) is 5. The maximum atomic E-state index is 12.4. The maximum Gasteiger partial charge on any atom is 0.251 e. The van der Waals surface area contributed by atoms with Crippen LogP contribution in [0.25, 0.3) is 21.3 Å². The van der Waals surface area contributed by atoms with Crippen molar-refractivity contribution in [3.63, 3.8) is 0 Å². The zero-order valence-electron chi connectivity index (χ0n) is 13.4. The molecule has 1 aliphatic rings. The lowest BCUT2D eigenvalue weighted by molar-refractivity contribution is 0.0951. The van der Waals surface area contributed by atoms with Gasteiger partial charge >= 0.3 is 0 Å². The van der Waals surface area contributed by atoms with Crippen molar-refractivity contribution in [1.29, 1.82) is 0 Å². The van der Waals surface area contributed by atoms with Gasteiger partial charge < -0.3 is 9.73 Å². The Hall–Kier alpha value is -2.73. The van der Waals surface area contributed by atoms with Gasteiger partial charge in [-0.2, -0.15) is 0 Å². The molecule has 0 saturated heterocycles. The SMILES string of the molecule is O=C(NCc1nc2ccccc2s1)c1ccc2nc(C3CC3)oc2c1. The molecule has 4 aromatic rings. The normalized spacial score (nSPS) is 14.2. The van der Waals surface area contributed by atoms with Crippen LogP contribution >= 0.6 is 11.3 Å². The minimum Gasteiger partial charge on any atom is -0.440 e. The van der Waals surface area contributed by atoms with Gasteiger partial charge in [-0.25, -0.2) is 9.97 Å². The Morgan fingerprint density at radius 2 is 2.04 bits per heavy atom. The third-order valence-electron chi connectivity index (χ3n) is 4.33. The number of hydrogen-bond donors (Lipinski definition) is 1. The summed E-state index contributed by atoms with van der Waals surface area (Å²) in [5.74, 6) is 1.12. The molecule has 5 rings (SSSR count). The van der Waals surface area contributed by atoms with Crippen molar-refractivity contribution in [3.05, 3.63) is 58.9 Å². The van der Waals surface area contributed by atoms with Crippen molar-refractivity contribution in [2.24, 2.45) is 0 Å². The molecular weight excluding hydrogens is 334 g/mol. The molecule has 1 N–H and O–H groups in total. The Morgan fingerprint density at radius 3 is 2.88 bits per heavy atom. The smallest absolute Gasteiger partial charge is 0.251 e. The highest BCUT2D eigenvalue weighted by Crippen LogP contribution is 2.40. The first-order valence-electron chi connectivity index (χ1n) is 8.29. The van der Waals surface area contributed by atoms with E-state index < -0.39 is 0 Å². The molecular formula is C19H15N3O2S. The lowest BCUT2D eigenvalue weighted by Crippen LogP contribution is -2.22. The van der Waals surface area contributed by atoms with Crippen LogP contribution in [0.5, 0.6) is 0 Å². The number of aromatic nitrogens is 2. The molecule has 0 radical (unpaired) electrons. The minimum atomic E-state index is -0.134. The first-order chi connectivity index (χ1) is 12.3. The molecule has 1 fully saturated rings. The minimum absolute atomic E-state index is 0.134. The summed E-state index contributed by atoms with van der Waals surface area (Å²) < 4.78 is 6.91. The molecule has 0 unspecified atom stereocenters. The van der Waals surface area contributed by atoms with E-state index in [9.17, 15) is 4.79 Å². The van der Waals surface area contributed by atoms with E-state index in [4.69, 9.17) is 4.42 Å². The van der Waals surface area contributed by atoms with Crippen LogP contribution in [0.1, 0.15) is 40.0 Å². The molecule has 1 saturated carbocycles. The number of carbonyl (C=O) groups excluding carboxylic acids is 1. The van der Waals surface area contributed by atoms with Crippen molar-refractivity contribution in [3.8, 4) is 0 Å². The third-order valence-corrected chi connectivity index (χ3v) is 5.37. The van der Waals surface area contributed by atoms with E-state index in [1.165, 1.54) is 0 Å². The van der Waals surface area contributed by atoms with E-state index in [2.05, 4.69) is 15.3 Å². The van der Waals surface area contributed by atoms with E-state index in [0.717, 1.165) is 39.5 Å². The number of amides is 1. The van der Waals surface area contributed by atoms with Crippen molar-refractivity contribution in [2.45, 2.75) is 25.3 Å². The van der Waals surface area contributed by atoms with Crippen LogP contribution in [-0.2, 0) is 6.54 Å². The molecule has 2 aromatic heterocycles. The Morgan fingerprint density at radius 1 is 1.16 bits per heavy atom. The molecule has 0 spiro atoms. The number of nitrogens with one attached hydrogen (secondary N) is 1. The fourth-order valence-corrected chi connectivity index (χ4v) is 3.75. The molecule has 2 aromatic carbocycles. The van der Waals surface area contributed by atoms with Crippen LogP contribution in [-0.4, -0.2) is 15.9 Å². The van der Waals surface area contributed by atoms with Gasteiger partial charge in [0.2, 0.25) is 0 Å². The largest absolute Gasteiger partial charge is 0.440 e. The summed E-state index contributed by atoms with van der Waals surface area (Å²) in [5.41, 5.74) is 3.03. The van der Waals surface area contributed by atoms with Gasteiger partial charge in [0, 0.05) is 11.5 Å². The topological polar surface area (TPSA) is 68.0 Å². The van der Waals surface area contributed by atoms with Gasteiger partial charge in [0.25, 0.3) is 5.91 Å². The molecule has 1 amide bonds. The van der Waals surface area contributed by atoms with Gasteiger partial charge in [0.1, 0.15) is 10.5 Å². The summed E-state index contributed by atoms with van der Waals surface area (Å²) in [6.07, 6.45) is 2.28. The summed E-state index contributed by atoms with van der Waals surface area (Å²) in [4.78, 5) is 21.5. The van der Waals surface area contributed by atoms with Crippen molar-refractivity contribution in [2.75, 3.05) is 0 Å². The second-order valence-electron chi connectivity index (χ2n) is 6.27. The van der Waals surface area contributed by atoms with E-state index in [1.807, 2.05) is 30.3 Å². The molecule has 124 valence electrons. The van der Waals surface area contributed by atoms with E-state index in [0.29, 0.717) is 23.6 Å². The monoisotopic (exact) mass is 349 g/mol. The van der Waals surface area contributed by atoms with Crippen molar-refractivity contribution >= 4 is 38.6 Å². The Labute approximate surface area is 147 Å². The number of para-hydroxylation sites is 1. The van der Waals surface area contributed by atoms with Gasteiger partial charge in [-0.15, -0.1) is 11.3 Å². The first-order valence-corrected chi connectivity index (χ1v) is 9.11. The van der Waals surface area contributed by atoms with Gasteiger partial charge in [-0.05, 0) is 43.2 Å². The summed E-state index contributed by atoms with van der Waals surface area (Å²) in [7, 11) is 0. The van der Waals surface area contributed by atoms with E-state index in [1.54, 1.807) is 23.5 Å². The summed E-state index contributed by atoms with van der Waals surface area (Å²) in [5, 5.41) is 3.82. The molecule has 0 atom stereocenters. The molecule has 0 aliphatic heterocycles. The summed E-state index contributed by atoms with van der Waals surface area (Å²) in [6.45, 7) is 0.417. The maximum absolute atomic E-state index is 12.4. The van der Waals surface area contributed by atoms with Gasteiger partial charge in [0.15, 0.2) is 11.5 Å². The lowest BCUT2D eigenvalue weighted by Gasteiger charge is -2.02. The van der Waals surface area contributed by atoms with Crippen LogP contribution in [0.15, 0.2) is 46.9 Å². The summed E-state index contributed by atoms with van der Waals surface area (Å²) >= 11 is 1.60. The quantitative estimate of drug-likeness (QED) is 0.598. The predicted molar refractivity (Wildman–Crippen MR) is 96.8 cm³/mol. The number of carbonyl (C=O) groups is 1. The fraction of sp³-hybridized carbons (Fsp3) is 0.211. The number of nitrogens with zero attached hydrogens (tertiary/aromatic N) is 2. The van der Waals surface area contributed by atoms with Crippen molar-refractivity contribution < 1.29 is 9.21 Å². The standard InChI is InChI=1S/C19H15N3O2S/c23-18(20-10-17-21-14-3-1-2-4-16(14)25-17)12-7-8-13-15(9-12)24-19(22-13)11-5-6-11/h1-4,7-9,11H,5-6,10H2,(H,20,23). The number of fused-ring (bicyclic) bond motifs is 2. The Bertz CT molecular complexity index is 1060. The molecule has 2 heterocycles. The Kier molecular flexibility index (Phi) is 3.31. The second-order valence-corrected chi connectivity index (χ2v) is 7.38. The van der Waals surface area contributed by atoms with Crippen LogP contribution in [0.2, 0.25) is 0 Å². The highest BCUT2D eigenvalue weighted by molar-refractivity contribution is 7.18. The van der Waals surface area contributed by atoms with Crippen LogP contribution in [0.3, 0.4) is 0 Å². The van der Waals surface area contributed by atoms with Gasteiger partial charge in [-0.3, -0.25) is 4.79 Å². The van der Waals surface area contributed by atoms with Gasteiger partial charge in [-0.1, -0.05) is 12.1 Å². The fourth-order valence-electron chi connectivity index (χ4n) is 2.84. The zero-order chi connectivity index (χ0) is 16.8. The number of rotatable bonds is 4. The van der Waals surface area contributed by atoms with Crippen LogP contribution in [0, 0.1) is 0 Å². The number of thiazole rings is 1. The lowest BCUT2D eigenvalue weighted by atomic mass is 10.2. The van der Waals surface area contributed by atoms with Crippen molar-refractivity contribution in [1.82, 2.24) is 15.3 Å². The Balaban J connectivity index is 1.33. The van der Waals surface area contributed by atoms with E-state index in [-0.39, 0.29) is 5.91 Å². The molecule has 0 bridgehead atoms. The van der Waals surface area contributed by atoms with Crippen LogP contribution < -0.4 is 5.32 Å². The second kappa shape index (κ2) is 5.67. The molecule has 6 heteroatoms. The molecule has 25 heavy (non-hydrogen) atoms. The van der Waals surface area contributed by atoms with Crippen LogP contribution in [0.4, 0.5) is 0 Å². The average Bonchev–Trinajstić information content (AvgIpc) is 3.26. The average molecular weight is 349 g/mol. The van der Waals surface area contributed by atoms with Gasteiger partial charge in [0.05, 0.1) is 16.8 Å².